The third-order valence-corrected chi connectivity index (χ3v) is 5.27. The molecule has 1 aromatic rings. The Morgan fingerprint density at radius 2 is 2.00 bits per heavy atom. The lowest BCUT2D eigenvalue weighted by Gasteiger charge is -2.32. The maximum atomic E-state index is 12.1. The molecule has 0 aromatic heterocycles. The summed E-state index contributed by atoms with van der Waals surface area (Å²) >= 11 is 0. The Bertz CT molecular complexity index is 613. The van der Waals surface area contributed by atoms with Crippen LogP contribution in [0, 0.1) is 0 Å². The summed E-state index contributed by atoms with van der Waals surface area (Å²) in [7, 11) is -3.50. The van der Waals surface area contributed by atoms with Crippen LogP contribution in [0.2, 0.25) is 0 Å². The highest BCUT2D eigenvalue weighted by Gasteiger charge is 2.27. The van der Waals surface area contributed by atoms with Gasteiger partial charge in [0.1, 0.15) is 0 Å². The van der Waals surface area contributed by atoms with E-state index in [4.69, 9.17) is 0 Å². The smallest absolute Gasteiger partial charge is 0.250 e. The fourth-order valence-corrected chi connectivity index (χ4v) is 3.69. The number of nitrogens with zero attached hydrogens (tertiary/aromatic N) is 1. The maximum Gasteiger partial charge on any atom is 0.250 e. The lowest BCUT2D eigenvalue weighted by Crippen LogP contribution is -2.48. The van der Waals surface area contributed by atoms with Gasteiger partial charge in [-0.2, -0.15) is 0 Å². The van der Waals surface area contributed by atoms with Crippen LogP contribution in [-0.4, -0.2) is 37.6 Å². The van der Waals surface area contributed by atoms with Crippen molar-refractivity contribution in [3.63, 3.8) is 0 Å². The molecule has 0 saturated carbocycles. The summed E-state index contributed by atoms with van der Waals surface area (Å²) in [6.07, 6.45) is 1.38. The van der Waals surface area contributed by atoms with Gasteiger partial charge in [-0.3, -0.25) is 14.4 Å². The Balaban J connectivity index is 2.01. The molecule has 5 nitrogen and oxygen atoms in total. The minimum atomic E-state index is -3.50. The van der Waals surface area contributed by atoms with Crippen molar-refractivity contribution in [1.29, 1.82) is 0 Å². The molecule has 0 fully saturated rings. The summed E-state index contributed by atoms with van der Waals surface area (Å²) in [5, 5.41) is 0. The van der Waals surface area contributed by atoms with Gasteiger partial charge in [0.25, 0.3) is 5.91 Å². The summed E-state index contributed by atoms with van der Waals surface area (Å²) in [4.78, 5) is 14.1. The molecule has 1 aliphatic rings. The van der Waals surface area contributed by atoms with E-state index in [-0.39, 0.29) is 5.75 Å². The fourth-order valence-electron chi connectivity index (χ4n) is 2.57. The quantitative estimate of drug-likeness (QED) is 0.890. The summed E-state index contributed by atoms with van der Waals surface area (Å²) in [6.45, 7) is 4.97. The van der Waals surface area contributed by atoms with E-state index in [9.17, 15) is 13.2 Å². The number of fused-ring (bicyclic) bond motifs is 1. The first-order valence-electron chi connectivity index (χ1n) is 7.28. The van der Waals surface area contributed by atoms with Crippen LogP contribution in [0.5, 0.6) is 0 Å². The third kappa shape index (κ3) is 4.04. The topological polar surface area (TPSA) is 66.5 Å². The monoisotopic (exact) mass is 310 g/mol. The predicted molar refractivity (Wildman–Crippen MR) is 82.2 cm³/mol. The zero-order valence-corrected chi connectivity index (χ0v) is 13.3. The molecule has 0 spiro atoms. The van der Waals surface area contributed by atoms with Crippen LogP contribution >= 0.6 is 0 Å². The molecule has 1 amide bonds. The predicted octanol–water partition coefficient (Wildman–Crippen LogP) is 1.29. The number of nitrogens with one attached hydrogen (secondary N) is 1. The van der Waals surface area contributed by atoms with Crippen LogP contribution < -0.4 is 4.72 Å². The standard InChI is InChI=1S/C15H22N2O3S/c1-3-10-21(19,20)16-15(18)12(2)17-9-8-13-6-4-5-7-14(13)11-17/h4-7,12H,3,8-11H2,1-2H3,(H,16,18). The summed E-state index contributed by atoms with van der Waals surface area (Å²) in [6, 6.07) is 7.70. The Morgan fingerprint density at radius 1 is 1.33 bits per heavy atom. The molecule has 1 unspecified atom stereocenters. The van der Waals surface area contributed by atoms with Crippen molar-refractivity contribution >= 4 is 15.9 Å². The minimum Gasteiger partial charge on any atom is -0.288 e. The zero-order chi connectivity index (χ0) is 15.5. The van der Waals surface area contributed by atoms with Gasteiger partial charge >= 0.3 is 0 Å². The van der Waals surface area contributed by atoms with E-state index in [0.717, 1.165) is 13.0 Å². The molecule has 1 aromatic carbocycles. The number of carbonyl (C=O) groups excluding carboxylic acids is 1. The molecule has 1 heterocycles. The number of hydrogen-bond donors (Lipinski definition) is 1. The van der Waals surface area contributed by atoms with Crippen molar-refractivity contribution in [3.8, 4) is 0 Å². The highest BCUT2D eigenvalue weighted by Crippen LogP contribution is 2.20. The molecule has 1 aliphatic heterocycles. The normalized spacial score (nSPS) is 17.0. The van der Waals surface area contributed by atoms with E-state index < -0.39 is 22.0 Å². The molecular formula is C15H22N2O3S. The average Bonchev–Trinajstić information content (AvgIpc) is 2.45. The van der Waals surface area contributed by atoms with Crippen molar-refractivity contribution in [1.82, 2.24) is 9.62 Å². The number of carbonyl (C=O) groups is 1. The first-order valence-corrected chi connectivity index (χ1v) is 8.93. The fraction of sp³-hybridized carbons (Fsp3) is 0.533. The van der Waals surface area contributed by atoms with Crippen molar-refractivity contribution in [2.24, 2.45) is 0 Å². The van der Waals surface area contributed by atoms with Gasteiger partial charge in [0.2, 0.25) is 10.0 Å². The van der Waals surface area contributed by atoms with Gasteiger partial charge in [-0.1, -0.05) is 31.2 Å². The largest absolute Gasteiger partial charge is 0.288 e. The lowest BCUT2D eigenvalue weighted by atomic mass is 9.99. The second kappa shape index (κ2) is 6.58. The SMILES string of the molecule is CCCS(=O)(=O)NC(=O)C(C)N1CCc2ccccc2C1. The van der Waals surface area contributed by atoms with E-state index in [0.29, 0.717) is 13.0 Å². The average molecular weight is 310 g/mol. The molecule has 0 bridgehead atoms. The van der Waals surface area contributed by atoms with E-state index >= 15 is 0 Å². The molecule has 116 valence electrons. The number of hydrogen-bond acceptors (Lipinski definition) is 4. The highest BCUT2D eigenvalue weighted by molar-refractivity contribution is 7.90. The molecule has 2 rings (SSSR count). The van der Waals surface area contributed by atoms with Crippen molar-refractivity contribution in [2.45, 2.75) is 39.3 Å². The Labute approximate surface area is 126 Å². The number of amides is 1. The molecule has 0 aliphatic carbocycles. The van der Waals surface area contributed by atoms with Crippen molar-refractivity contribution in [2.75, 3.05) is 12.3 Å². The molecule has 1 N–H and O–H groups in total. The third-order valence-electron chi connectivity index (χ3n) is 3.82. The lowest BCUT2D eigenvalue weighted by molar-refractivity contribution is -0.124. The molecule has 0 radical (unpaired) electrons. The van der Waals surface area contributed by atoms with Crippen molar-refractivity contribution in [3.05, 3.63) is 35.4 Å². The summed E-state index contributed by atoms with van der Waals surface area (Å²) < 4.78 is 25.5. The maximum absolute atomic E-state index is 12.1. The zero-order valence-electron chi connectivity index (χ0n) is 12.5. The first-order chi connectivity index (χ1) is 9.93. The van der Waals surface area contributed by atoms with Gasteiger partial charge in [0.05, 0.1) is 11.8 Å². The van der Waals surface area contributed by atoms with Crippen molar-refractivity contribution < 1.29 is 13.2 Å². The summed E-state index contributed by atoms with van der Waals surface area (Å²) in [5.74, 6) is -0.461. The number of rotatable bonds is 5. The van der Waals surface area contributed by atoms with Crippen LogP contribution in [0.3, 0.4) is 0 Å². The minimum absolute atomic E-state index is 0.0196. The molecule has 0 saturated heterocycles. The van der Waals surface area contributed by atoms with Crippen LogP contribution in [0.25, 0.3) is 0 Å². The van der Waals surface area contributed by atoms with Gasteiger partial charge in [0.15, 0.2) is 0 Å². The summed E-state index contributed by atoms with van der Waals surface area (Å²) in [5.41, 5.74) is 2.51. The van der Waals surface area contributed by atoms with Crippen LogP contribution in [0.4, 0.5) is 0 Å². The van der Waals surface area contributed by atoms with Gasteiger partial charge in [-0.05, 0) is 30.9 Å². The van der Waals surface area contributed by atoms with Crippen LogP contribution in [0.1, 0.15) is 31.4 Å². The second-order valence-electron chi connectivity index (χ2n) is 5.45. The van der Waals surface area contributed by atoms with Gasteiger partial charge < -0.3 is 0 Å². The van der Waals surface area contributed by atoms with Gasteiger partial charge in [-0.25, -0.2) is 8.42 Å². The first kappa shape index (κ1) is 16.0. The van der Waals surface area contributed by atoms with E-state index in [1.807, 2.05) is 17.0 Å². The van der Waals surface area contributed by atoms with E-state index in [1.54, 1.807) is 13.8 Å². The Kier molecular flexibility index (Phi) is 5.00. The Morgan fingerprint density at radius 3 is 2.67 bits per heavy atom. The molecule has 1 atom stereocenters. The van der Waals surface area contributed by atoms with E-state index in [1.165, 1.54) is 11.1 Å². The number of sulfonamides is 1. The van der Waals surface area contributed by atoms with Crippen LogP contribution in [-0.2, 0) is 27.8 Å². The molecule has 21 heavy (non-hydrogen) atoms. The van der Waals surface area contributed by atoms with Crippen LogP contribution in [0.15, 0.2) is 24.3 Å². The molecule has 6 heteroatoms. The van der Waals surface area contributed by atoms with Gasteiger partial charge in [-0.15, -0.1) is 0 Å². The molecular weight excluding hydrogens is 288 g/mol. The Hall–Kier alpha value is -1.40. The second-order valence-corrected chi connectivity index (χ2v) is 7.29. The highest BCUT2D eigenvalue weighted by atomic mass is 32.2. The van der Waals surface area contributed by atoms with Gasteiger partial charge in [0, 0.05) is 13.1 Å². The van der Waals surface area contributed by atoms with E-state index in [2.05, 4.69) is 16.9 Å². The number of benzene rings is 1.